The highest BCUT2D eigenvalue weighted by molar-refractivity contribution is 9.10. The molecule has 0 amide bonds. The van der Waals surface area contributed by atoms with Crippen LogP contribution in [-0.2, 0) is 6.54 Å². The minimum absolute atomic E-state index is 0.111. The van der Waals surface area contributed by atoms with E-state index >= 15 is 0 Å². The first-order valence-electron chi connectivity index (χ1n) is 7.99. The summed E-state index contributed by atoms with van der Waals surface area (Å²) in [4.78, 5) is 7.28. The van der Waals surface area contributed by atoms with Crippen molar-refractivity contribution in [2.24, 2.45) is 0 Å². The van der Waals surface area contributed by atoms with Crippen molar-refractivity contribution in [2.45, 2.75) is 78.0 Å². The number of nitrogens with zero attached hydrogens (tertiary/aromatic N) is 2. The van der Waals surface area contributed by atoms with Crippen molar-refractivity contribution in [1.29, 1.82) is 0 Å². The number of hydrogen-bond acceptors (Lipinski definition) is 3. The van der Waals surface area contributed by atoms with E-state index in [2.05, 4.69) is 66.8 Å². The van der Waals surface area contributed by atoms with Gasteiger partial charge in [0, 0.05) is 40.4 Å². The molecule has 0 spiro atoms. The monoisotopic (exact) mass is 353 g/mol. The summed E-state index contributed by atoms with van der Waals surface area (Å²) in [6.45, 7) is 12.1. The molecule has 1 aliphatic rings. The lowest BCUT2D eigenvalue weighted by Gasteiger charge is -2.32. The molecule has 2 atom stereocenters. The average Bonchev–Trinajstić information content (AvgIpc) is 2.77. The second-order valence-electron chi connectivity index (χ2n) is 7.14. The van der Waals surface area contributed by atoms with E-state index in [1.165, 1.54) is 24.8 Å². The quantitative estimate of drug-likeness (QED) is 0.863. The van der Waals surface area contributed by atoms with Gasteiger partial charge in [-0.25, -0.2) is 4.98 Å². The van der Waals surface area contributed by atoms with Crippen LogP contribution < -0.4 is 10.2 Å². The number of aromatic nitrogens is 1. The fourth-order valence-electron chi connectivity index (χ4n) is 3.05. The number of nitrogens with one attached hydrogen (secondary N) is 1. The van der Waals surface area contributed by atoms with Crippen molar-refractivity contribution in [1.82, 2.24) is 10.3 Å². The Balaban J connectivity index is 2.29. The number of hydrogen-bond donors (Lipinski definition) is 1. The first-order valence-corrected chi connectivity index (χ1v) is 8.79. The molecule has 4 heteroatoms. The van der Waals surface area contributed by atoms with Crippen LogP contribution in [0.15, 0.2) is 16.7 Å². The third kappa shape index (κ3) is 4.19. The lowest BCUT2D eigenvalue weighted by molar-refractivity contribution is 0.423. The zero-order chi connectivity index (χ0) is 15.6. The normalized spacial score (nSPS) is 22.9. The molecule has 0 aliphatic carbocycles. The topological polar surface area (TPSA) is 28.2 Å². The highest BCUT2D eigenvalue weighted by Crippen LogP contribution is 2.33. The molecular weight excluding hydrogens is 326 g/mol. The summed E-state index contributed by atoms with van der Waals surface area (Å²) in [5, 5.41) is 3.59. The fraction of sp³-hybridized carbons (Fsp3) is 0.706. The maximum atomic E-state index is 4.75. The van der Waals surface area contributed by atoms with Crippen molar-refractivity contribution in [3.63, 3.8) is 0 Å². The molecule has 1 aromatic rings. The molecule has 1 saturated heterocycles. The van der Waals surface area contributed by atoms with Crippen molar-refractivity contribution in [3.8, 4) is 0 Å². The Morgan fingerprint density at radius 3 is 2.71 bits per heavy atom. The smallest absolute Gasteiger partial charge is 0.133 e. The van der Waals surface area contributed by atoms with Gasteiger partial charge in [-0.05, 0) is 69.0 Å². The Morgan fingerprint density at radius 1 is 1.38 bits per heavy atom. The van der Waals surface area contributed by atoms with Gasteiger partial charge in [-0.3, -0.25) is 0 Å². The number of halogens is 1. The van der Waals surface area contributed by atoms with Gasteiger partial charge in [0.05, 0.1) is 0 Å². The molecule has 2 unspecified atom stereocenters. The van der Waals surface area contributed by atoms with E-state index in [0.717, 1.165) is 16.8 Å². The molecular formula is C17H28BrN3. The highest BCUT2D eigenvalue weighted by atomic mass is 79.9. The van der Waals surface area contributed by atoms with Gasteiger partial charge in [-0.2, -0.15) is 0 Å². The third-order valence-electron chi connectivity index (χ3n) is 4.22. The molecule has 0 bridgehead atoms. The van der Waals surface area contributed by atoms with Gasteiger partial charge in [-0.15, -0.1) is 0 Å². The minimum atomic E-state index is 0.111. The van der Waals surface area contributed by atoms with Crippen LogP contribution in [0.1, 0.15) is 59.4 Å². The molecule has 2 rings (SSSR count). The van der Waals surface area contributed by atoms with Gasteiger partial charge in [0.15, 0.2) is 0 Å². The van der Waals surface area contributed by atoms with Gasteiger partial charge < -0.3 is 10.2 Å². The average molecular weight is 354 g/mol. The van der Waals surface area contributed by atoms with Gasteiger partial charge in [0.25, 0.3) is 0 Å². The zero-order valence-corrected chi connectivity index (χ0v) is 15.5. The Labute approximate surface area is 137 Å². The first-order chi connectivity index (χ1) is 9.81. The van der Waals surface area contributed by atoms with E-state index in [0.29, 0.717) is 12.1 Å². The van der Waals surface area contributed by atoms with Gasteiger partial charge in [-0.1, -0.05) is 6.92 Å². The fourth-order valence-corrected chi connectivity index (χ4v) is 3.43. The van der Waals surface area contributed by atoms with Crippen LogP contribution in [-0.4, -0.2) is 22.6 Å². The van der Waals surface area contributed by atoms with E-state index in [-0.39, 0.29) is 5.54 Å². The minimum Gasteiger partial charge on any atom is -0.351 e. The Hall–Kier alpha value is -0.610. The molecule has 118 valence electrons. The van der Waals surface area contributed by atoms with E-state index in [1.807, 2.05) is 6.20 Å². The zero-order valence-electron chi connectivity index (χ0n) is 13.9. The van der Waals surface area contributed by atoms with E-state index in [4.69, 9.17) is 4.98 Å². The summed E-state index contributed by atoms with van der Waals surface area (Å²) < 4.78 is 1.05. The van der Waals surface area contributed by atoms with E-state index in [9.17, 15) is 0 Å². The molecule has 0 radical (unpaired) electrons. The van der Waals surface area contributed by atoms with Gasteiger partial charge in [0.2, 0.25) is 0 Å². The Kier molecular flexibility index (Phi) is 5.31. The van der Waals surface area contributed by atoms with Gasteiger partial charge in [0.1, 0.15) is 5.82 Å². The van der Waals surface area contributed by atoms with Crippen LogP contribution in [0.2, 0.25) is 0 Å². The van der Waals surface area contributed by atoms with E-state index < -0.39 is 0 Å². The summed E-state index contributed by atoms with van der Waals surface area (Å²) in [5.41, 5.74) is 1.40. The molecule has 2 heterocycles. The van der Waals surface area contributed by atoms with Crippen LogP contribution >= 0.6 is 15.9 Å². The maximum absolute atomic E-state index is 4.75. The molecule has 1 N–H and O–H groups in total. The molecule has 3 nitrogen and oxygen atoms in total. The predicted octanol–water partition coefficient (Wildman–Crippen LogP) is 4.50. The predicted molar refractivity (Wildman–Crippen MR) is 93.8 cm³/mol. The molecule has 1 aliphatic heterocycles. The summed E-state index contributed by atoms with van der Waals surface area (Å²) in [6.07, 6.45) is 5.66. The van der Waals surface area contributed by atoms with Crippen LogP contribution in [0.3, 0.4) is 0 Å². The SMILES string of the molecule is CCC1CCC(C)N1c1ncc(Br)cc1CNC(C)(C)C. The lowest BCUT2D eigenvalue weighted by Crippen LogP contribution is -2.38. The summed E-state index contributed by atoms with van der Waals surface area (Å²) in [5.74, 6) is 1.16. The van der Waals surface area contributed by atoms with Crippen LogP contribution in [0.4, 0.5) is 5.82 Å². The molecule has 0 saturated carbocycles. The molecule has 1 fully saturated rings. The molecule has 1 aromatic heterocycles. The van der Waals surface area contributed by atoms with Gasteiger partial charge >= 0.3 is 0 Å². The first kappa shape index (κ1) is 16.8. The second-order valence-corrected chi connectivity index (χ2v) is 8.05. The number of rotatable bonds is 4. The lowest BCUT2D eigenvalue weighted by atomic mass is 10.1. The molecule has 0 aromatic carbocycles. The van der Waals surface area contributed by atoms with Crippen LogP contribution in [0.25, 0.3) is 0 Å². The third-order valence-corrected chi connectivity index (χ3v) is 4.65. The summed E-state index contributed by atoms with van der Waals surface area (Å²) in [7, 11) is 0. The van der Waals surface area contributed by atoms with Crippen molar-refractivity contribution in [3.05, 3.63) is 22.3 Å². The van der Waals surface area contributed by atoms with E-state index in [1.54, 1.807) is 0 Å². The highest BCUT2D eigenvalue weighted by Gasteiger charge is 2.31. The van der Waals surface area contributed by atoms with Crippen LogP contribution in [0, 0.1) is 0 Å². The molecule has 21 heavy (non-hydrogen) atoms. The summed E-state index contributed by atoms with van der Waals surface area (Å²) in [6, 6.07) is 3.41. The Bertz CT molecular complexity index is 481. The van der Waals surface area contributed by atoms with Crippen molar-refractivity contribution < 1.29 is 0 Å². The maximum Gasteiger partial charge on any atom is 0.133 e. The van der Waals surface area contributed by atoms with Crippen molar-refractivity contribution >= 4 is 21.7 Å². The largest absolute Gasteiger partial charge is 0.351 e. The Morgan fingerprint density at radius 2 is 2.10 bits per heavy atom. The number of pyridine rings is 1. The number of anilines is 1. The summed E-state index contributed by atoms with van der Waals surface area (Å²) >= 11 is 3.56. The standard InChI is InChI=1S/C17H28BrN3/c1-6-15-8-7-12(2)21(15)16-13(9-14(18)11-19-16)10-20-17(3,4)5/h9,11-12,15,20H,6-8,10H2,1-5H3. The van der Waals surface area contributed by atoms with Crippen LogP contribution in [0.5, 0.6) is 0 Å². The van der Waals surface area contributed by atoms with Crippen molar-refractivity contribution in [2.75, 3.05) is 4.90 Å². The second kappa shape index (κ2) is 6.66.